The van der Waals surface area contributed by atoms with Gasteiger partial charge in [-0.25, -0.2) is 8.42 Å². The topological polar surface area (TPSA) is 79.6 Å². The van der Waals surface area contributed by atoms with E-state index in [-0.39, 0.29) is 34.6 Å². The SMILES string of the molecule is CC(C)CN1C[C@H]2[C@@H](C1)S(=O)(=O)CC[C@H]2NC(=O)c1ccco1. The lowest BCUT2D eigenvalue weighted by atomic mass is 9.95. The normalized spacial score (nSPS) is 30.3. The van der Waals surface area contributed by atoms with Crippen molar-refractivity contribution in [3.8, 4) is 0 Å². The molecule has 0 spiro atoms. The van der Waals surface area contributed by atoms with Crippen LogP contribution >= 0.6 is 0 Å². The number of amides is 1. The van der Waals surface area contributed by atoms with Gasteiger partial charge >= 0.3 is 0 Å². The predicted octanol–water partition coefficient (Wildman–Crippen LogP) is 1.15. The number of hydrogen-bond donors (Lipinski definition) is 1. The van der Waals surface area contributed by atoms with Crippen LogP contribution in [0.25, 0.3) is 0 Å². The zero-order valence-electron chi connectivity index (χ0n) is 13.6. The predicted molar refractivity (Wildman–Crippen MR) is 86.9 cm³/mol. The van der Waals surface area contributed by atoms with Gasteiger partial charge in [0.25, 0.3) is 5.91 Å². The number of rotatable bonds is 4. The fraction of sp³-hybridized carbons (Fsp3) is 0.688. The van der Waals surface area contributed by atoms with Crippen LogP contribution in [0.2, 0.25) is 0 Å². The molecule has 2 aliphatic heterocycles. The number of carbonyl (C=O) groups excluding carboxylic acids is 1. The number of sulfone groups is 1. The summed E-state index contributed by atoms with van der Waals surface area (Å²) in [4.78, 5) is 14.4. The quantitative estimate of drug-likeness (QED) is 0.889. The third-order valence-corrected chi connectivity index (χ3v) is 6.99. The standard InChI is InChI=1S/C16H24N2O4S/c1-11(2)8-18-9-12-13(5-7-23(20,21)15(12)10-18)17-16(19)14-4-3-6-22-14/h3-4,6,11-13,15H,5,7-10H2,1-2H3,(H,17,19)/t12-,13-,15-/m1/s1. The minimum absolute atomic E-state index is 0.0357. The molecule has 0 bridgehead atoms. The first-order valence-electron chi connectivity index (χ1n) is 8.15. The van der Waals surface area contributed by atoms with E-state index in [2.05, 4.69) is 24.1 Å². The molecule has 1 aromatic rings. The number of carbonyl (C=O) groups is 1. The molecular weight excluding hydrogens is 316 g/mol. The monoisotopic (exact) mass is 340 g/mol. The van der Waals surface area contributed by atoms with Crippen molar-refractivity contribution in [2.24, 2.45) is 11.8 Å². The van der Waals surface area contributed by atoms with E-state index >= 15 is 0 Å². The van der Waals surface area contributed by atoms with E-state index in [1.165, 1.54) is 6.26 Å². The van der Waals surface area contributed by atoms with Gasteiger partial charge in [0.2, 0.25) is 0 Å². The van der Waals surface area contributed by atoms with Gasteiger partial charge in [0.15, 0.2) is 15.6 Å². The molecule has 7 heteroatoms. The van der Waals surface area contributed by atoms with Crippen molar-refractivity contribution in [3.05, 3.63) is 24.2 Å². The Morgan fingerprint density at radius 1 is 1.43 bits per heavy atom. The fourth-order valence-corrected chi connectivity index (χ4v) is 5.93. The molecule has 1 amide bonds. The Balaban J connectivity index is 1.74. The number of nitrogens with one attached hydrogen (secondary N) is 1. The van der Waals surface area contributed by atoms with E-state index in [0.29, 0.717) is 18.9 Å². The van der Waals surface area contributed by atoms with Crippen LogP contribution in [-0.2, 0) is 9.84 Å². The maximum Gasteiger partial charge on any atom is 0.287 e. The van der Waals surface area contributed by atoms with Gasteiger partial charge in [0.05, 0.1) is 17.3 Å². The molecule has 0 unspecified atom stereocenters. The summed E-state index contributed by atoms with van der Waals surface area (Å²) < 4.78 is 29.9. The number of likely N-dealkylation sites (tertiary alicyclic amines) is 1. The molecule has 1 aromatic heterocycles. The van der Waals surface area contributed by atoms with Gasteiger partial charge in [-0.3, -0.25) is 4.79 Å². The summed E-state index contributed by atoms with van der Waals surface area (Å²) in [5.41, 5.74) is 0. The van der Waals surface area contributed by atoms with Crippen LogP contribution < -0.4 is 5.32 Å². The van der Waals surface area contributed by atoms with E-state index in [4.69, 9.17) is 4.42 Å². The van der Waals surface area contributed by atoms with Crippen LogP contribution in [0.5, 0.6) is 0 Å². The fourth-order valence-electron chi connectivity index (χ4n) is 3.79. The van der Waals surface area contributed by atoms with Crippen molar-refractivity contribution >= 4 is 15.7 Å². The second-order valence-electron chi connectivity index (χ2n) is 7.03. The molecule has 2 fully saturated rings. The van der Waals surface area contributed by atoms with Crippen molar-refractivity contribution in [2.75, 3.05) is 25.4 Å². The van der Waals surface area contributed by atoms with Crippen LogP contribution in [0.4, 0.5) is 0 Å². The van der Waals surface area contributed by atoms with Gasteiger partial charge < -0.3 is 14.6 Å². The van der Waals surface area contributed by atoms with Crippen LogP contribution in [0.15, 0.2) is 22.8 Å². The van der Waals surface area contributed by atoms with Gasteiger partial charge in [-0.05, 0) is 24.5 Å². The first kappa shape index (κ1) is 16.5. The molecule has 1 N–H and O–H groups in total. The van der Waals surface area contributed by atoms with Crippen LogP contribution in [0, 0.1) is 11.8 Å². The zero-order valence-corrected chi connectivity index (χ0v) is 14.4. The molecule has 0 aromatic carbocycles. The maximum atomic E-state index is 12.4. The van der Waals surface area contributed by atoms with Gasteiger partial charge in [-0.15, -0.1) is 0 Å². The highest BCUT2D eigenvalue weighted by Crippen LogP contribution is 2.33. The second kappa shape index (κ2) is 6.28. The third-order valence-electron chi connectivity index (χ3n) is 4.76. The molecule has 23 heavy (non-hydrogen) atoms. The first-order valence-corrected chi connectivity index (χ1v) is 9.86. The minimum Gasteiger partial charge on any atom is -0.459 e. The van der Waals surface area contributed by atoms with Crippen molar-refractivity contribution in [2.45, 2.75) is 31.6 Å². The summed E-state index contributed by atoms with van der Waals surface area (Å²) in [6.45, 7) is 6.46. The van der Waals surface area contributed by atoms with Gasteiger partial charge in [0, 0.05) is 31.6 Å². The molecule has 2 saturated heterocycles. The molecule has 2 aliphatic rings. The van der Waals surface area contributed by atoms with Crippen LogP contribution in [-0.4, -0.2) is 55.9 Å². The van der Waals surface area contributed by atoms with Crippen molar-refractivity contribution < 1.29 is 17.6 Å². The number of furan rings is 1. The summed E-state index contributed by atoms with van der Waals surface area (Å²) in [5, 5.41) is 2.62. The molecule has 0 radical (unpaired) electrons. The molecule has 0 aliphatic carbocycles. The number of nitrogens with zero attached hydrogens (tertiary/aromatic N) is 1. The number of fused-ring (bicyclic) bond motifs is 1. The Morgan fingerprint density at radius 2 is 2.22 bits per heavy atom. The van der Waals surface area contributed by atoms with E-state index in [1.807, 2.05) is 0 Å². The summed E-state index contributed by atoms with van der Waals surface area (Å²) in [6.07, 6.45) is 1.94. The summed E-state index contributed by atoms with van der Waals surface area (Å²) in [7, 11) is -3.07. The molecular formula is C16H24N2O4S. The average molecular weight is 340 g/mol. The highest BCUT2D eigenvalue weighted by Gasteiger charge is 2.48. The molecule has 3 rings (SSSR count). The van der Waals surface area contributed by atoms with Crippen LogP contribution in [0.1, 0.15) is 30.8 Å². The van der Waals surface area contributed by atoms with Crippen molar-refractivity contribution in [1.29, 1.82) is 0 Å². The zero-order chi connectivity index (χ0) is 16.6. The maximum absolute atomic E-state index is 12.4. The van der Waals surface area contributed by atoms with E-state index < -0.39 is 9.84 Å². The molecule has 6 nitrogen and oxygen atoms in total. The Labute approximate surface area is 137 Å². The van der Waals surface area contributed by atoms with E-state index in [9.17, 15) is 13.2 Å². The average Bonchev–Trinajstić information content (AvgIpc) is 3.10. The lowest BCUT2D eigenvalue weighted by molar-refractivity contribution is 0.0890. The van der Waals surface area contributed by atoms with Gasteiger partial charge in [-0.1, -0.05) is 13.8 Å². The van der Waals surface area contributed by atoms with E-state index in [1.54, 1.807) is 12.1 Å². The lowest BCUT2D eigenvalue weighted by Gasteiger charge is -2.33. The summed E-state index contributed by atoms with van der Waals surface area (Å²) in [6, 6.07) is 3.17. The third kappa shape index (κ3) is 3.45. The lowest BCUT2D eigenvalue weighted by Crippen LogP contribution is -2.51. The highest BCUT2D eigenvalue weighted by atomic mass is 32.2. The van der Waals surface area contributed by atoms with Crippen molar-refractivity contribution in [1.82, 2.24) is 10.2 Å². The van der Waals surface area contributed by atoms with Gasteiger partial charge in [-0.2, -0.15) is 0 Å². The number of hydrogen-bond acceptors (Lipinski definition) is 5. The highest BCUT2D eigenvalue weighted by molar-refractivity contribution is 7.92. The molecule has 3 heterocycles. The molecule has 128 valence electrons. The van der Waals surface area contributed by atoms with Crippen molar-refractivity contribution in [3.63, 3.8) is 0 Å². The Bertz CT molecular complexity index is 654. The second-order valence-corrected chi connectivity index (χ2v) is 9.37. The first-order chi connectivity index (χ1) is 10.9. The Kier molecular flexibility index (Phi) is 4.51. The van der Waals surface area contributed by atoms with E-state index in [0.717, 1.165) is 13.1 Å². The molecule has 0 saturated carbocycles. The Hall–Kier alpha value is -1.34. The Morgan fingerprint density at radius 3 is 2.87 bits per heavy atom. The van der Waals surface area contributed by atoms with Crippen LogP contribution in [0.3, 0.4) is 0 Å². The largest absolute Gasteiger partial charge is 0.459 e. The smallest absolute Gasteiger partial charge is 0.287 e. The summed E-state index contributed by atoms with van der Waals surface area (Å²) >= 11 is 0. The summed E-state index contributed by atoms with van der Waals surface area (Å²) in [5.74, 6) is 0.611. The minimum atomic E-state index is -3.07. The molecule has 3 atom stereocenters. The van der Waals surface area contributed by atoms with Gasteiger partial charge in [0.1, 0.15) is 0 Å².